The normalized spacial score (nSPS) is 47.7. The van der Waals surface area contributed by atoms with Crippen molar-refractivity contribution >= 4 is 11.7 Å². The Hall–Kier alpha value is -1.59. The number of fused-ring (bicyclic) bond motifs is 3. The van der Waals surface area contributed by atoms with Gasteiger partial charge in [-0.2, -0.15) is 0 Å². The van der Waals surface area contributed by atoms with Crippen LogP contribution in [-0.2, 0) is 14.9 Å². The number of hydrogen-bond donors (Lipinski definition) is 2. The number of nitrogens with one attached hydrogen (secondary N) is 1. The molecular formula is C21H26N2O3. The molecule has 3 spiro atoms. The topological polar surface area (TPSA) is 61.8 Å². The number of methoxy groups -OCH3 is 1. The van der Waals surface area contributed by atoms with Crippen LogP contribution in [0.4, 0.5) is 5.69 Å². The Morgan fingerprint density at radius 1 is 1.27 bits per heavy atom. The van der Waals surface area contributed by atoms with E-state index in [2.05, 4.69) is 34.5 Å². The van der Waals surface area contributed by atoms with Crippen LogP contribution in [0.1, 0.15) is 37.7 Å². The SMILES string of the molecule is COC(=O)C1CC23CCC14Nc1ccccc1C41CCN(CCC2O)C31. The highest BCUT2D eigenvalue weighted by Crippen LogP contribution is 2.74. The Bertz CT molecular complexity index is 812. The first-order chi connectivity index (χ1) is 12.6. The van der Waals surface area contributed by atoms with E-state index in [1.54, 1.807) is 0 Å². The third-order valence-electron chi connectivity index (χ3n) is 8.73. The molecule has 7 rings (SSSR count). The quantitative estimate of drug-likeness (QED) is 0.755. The van der Waals surface area contributed by atoms with Crippen LogP contribution in [0.2, 0.25) is 0 Å². The van der Waals surface area contributed by atoms with Gasteiger partial charge in [-0.05, 0) is 50.3 Å². The number of hydrogen-bond acceptors (Lipinski definition) is 5. The molecule has 0 amide bonds. The molecule has 5 fully saturated rings. The van der Waals surface area contributed by atoms with Crippen molar-refractivity contribution in [3.8, 4) is 0 Å². The van der Waals surface area contributed by atoms with Crippen LogP contribution >= 0.6 is 0 Å². The number of esters is 1. The Morgan fingerprint density at radius 3 is 2.96 bits per heavy atom. The number of benzene rings is 1. The molecule has 6 aliphatic rings. The summed E-state index contributed by atoms with van der Waals surface area (Å²) in [5.74, 6) is -0.309. The third kappa shape index (κ3) is 1.38. The molecule has 5 heteroatoms. The van der Waals surface area contributed by atoms with Gasteiger partial charge in [-0.1, -0.05) is 18.2 Å². The van der Waals surface area contributed by atoms with E-state index in [9.17, 15) is 9.90 Å². The van der Waals surface area contributed by atoms with Crippen LogP contribution in [-0.4, -0.2) is 53.9 Å². The van der Waals surface area contributed by atoms with E-state index in [0.717, 1.165) is 45.2 Å². The van der Waals surface area contributed by atoms with Crippen LogP contribution in [0.5, 0.6) is 0 Å². The molecule has 1 aromatic rings. The van der Waals surface area contributed by atoms with E-state index in [0.29, 0.717) is 6.04 Å². The van der Waals surface area contributed by atoms with Crippen molar-refractivity contribution < 1.29 is 14.6 Å². The summed E-state index contributed by atoms with van der Waals surface area (Å²) < 4.78 is 5.28. The maximum absolute atomic E-state index is 12.9. The van der Waals surface area contributed by atoms with Crippen LogP contribution in [0.3, 0.4) is 0 Å². The van der Waals surface area contributed by atoms with Crippen molar-refractivity contribution in [1.29, 1.82) is 0 Å². The van der Waals surface area contributed by atoms with Crippen molar-refractivity contribution in [3.63, 3.8) is 0 Å². The standard InChI is InChI=1S/C21H26N2O3/c1-26-17(25)14-12-19-7-8-21(14)20(13-4-2-3-5-15(13)22-21)9-11-23(18(19)20)10-6-16(19)24/h2-5,14,16,18,22,24H,6-12H2,1H3. The summed E-state index contributed by atoms with van der Waals surface area (Å²) in [5, 5.41) is 15.0. The Kier molecular flexibility index (Phi) is 2.75. The summed E-state index contributed by atoms with van der Waals surface area (Å²) in [4.78, 5) is 15.6. The van der Waals surface area contributed by atoms with E-state index in [1.165, 1.54) is 18.4 Å². The minimum absolute atomic E-state index is 0.0969. The third-order valence-corrected chi connectivity index (χ3v) is 8.73. The first-order valence-corrected chi connectivity index (χ1v) is 9.97. The minimum Gasteiger partial charge on any atom is -0.469 e. The first-order valence-electron chi connectivity index (χ1n) is 9.97. The molecule has 1 aromatic carbocycles. The van der Waals surface area contributed by atoms with Crippen molar-refractivity contribution in [2.24, 2.45) is 11.3 Å². The number of nitrogens with zero attached hydrogens (tertiary/aromatic N) is 1. The van der Waals surface area contributed by atoms with Crippen LogP contribution in [0.25, 0.3) is 0 Å². The maximum atomic E-state index is 12.9. The van der Waals surface area contributed by atoms with Gasteiger partial charge in [-0.3, -0.25) is 9.69 Å². The van der Waals surface area contributed by atoms with Gasteiger partial charge in [0.05, 0.1) is 24.7 Å². The molecule has 0 aromatic heterocycles. The molecule has 2 N–H and O–H groups in total. The van der Waals surface area contributed by atoms with Crippen molar-refractivity contribution in [2.75, 3.05) is 25.5 Å². The highest BCUT2D eigenvalue weighted by atomic mass is 16.5. The number of anilines is 1. The number of ether oxygens (including phenoxy) is 1. The number of para-hydroxylation sites is 1. The predicted octanol–water partition coefficient (Wildman–Crippen LogP) is 1.90. The fourth-order valence-corrected chi connectivity index (χ4v) is 7.99. The van der Waals surface area contributed by atoms with E-state index < -0.39 is 0 Å². The van der Waals surface area contributed by atoms with Crippen molar-refractivity contribution in [1.82, 2.24) is 4.90 Å². The van der Waals surface area contributed by atoms with Gasteiger partial charge in [0.2, 0.25) is 0 Å². The highest BCUT2D eigenvalue weighted by molar-refractivity contribution is 5.80. The molecule has 3 aliphatic carbocycles. The minimum atomic E-state index is -0.322. The van der Waals surface area contributed by atoms with Gasteiger partial charge < -0.3 is 15.2 Å². The fourth-order valence-electron chi connectivity index (χ4n) is 7.99. The molecular weight excluding hydrogens is 328 g/mol. The highest BCUT2D eigenvalue weighted by Gasteiger charge is 2.80. The van der Waals surface area contributed by atoms with Gasteiger partial charge >= 0.3 is 5.97 Å². The smallest absolute Gasteiger partial charge is 0.311 e. The molecule has 3 aliphatic heterocycles. The molecule has 6 unspecified atom stereocenters. The summed E-state index contributed by atoms with van der Waals surface area (Å²) in [6.45, 7) is 2.03. The summed E-state index contributed by atoms with van der Waals surface area (Å²) >= 11 is 0. The largest absolute Gasteiger partial charge is 0.469 e. The maximum Gasteiger partial charge on any atom is 0.311 e. The number of aliphatic hydroxyl groups is 1. The molecule has 138 valence electrons. The lowest BCUT2D eigenvalue weighted by atomic mass is 9.38. The van der Waals surface area contributed by atoms with Gasteiger partial charge in [0, 0.05) is 29.1 Å². The molecule has 0 radical (unpaired) electrons. The predicted molar refractivity (Wildman–Crippen MR) is 96.9 cm³/mol. The molecule has 3 saturated carbocycles. The lowest BCUT2D eigenvalue weighted by Crippen LogP contribution is -2.79. The first kappa shape index (κ1) is 15.5. The molecule has 5 nitrogen and oxygen atoms in total. The molecule has 2 bridgehead atoms. The number of aliphatic hydroxyl groups excluding tert-OH is 1. The van der Waals surface area contributed by atoms with Gasteiger partial charge in [0.1, 0.15) is 0 Å². The second-order valence-electron chi connectivity index (χ2n) is 9.12. The Balaban J connectivity index is 1.66. The molecule has 2 saturated heterocycles. The van der Waals surface area contributed by atoms with Crippen LogP contribution in [0, 0.1) is 11.3 Å². The van der Waals surface area contributed by atoms with Crippen LogP contribution < -0.4 is 5.32 Å². The number of carbonyl (C=O) groups excluding carboxylic acids is 1. The van der Waals surface area contributed by atoms with E-state index in [-0.39, 0.29) is 34.4 Å². The van der Waals surface area contributed by atoms with Gasteiger partial charge in [0.25, 0.3) is 0 Å². The summed E-state index contributed by atoms with van der Waals surface area (Å²) in [5.41, 5.74) is 1.98. The average molecular weight is 354 g/mol. The Labute approximate surface area is 153 Å². The van der Waals surface area contributed by atoms with Crippen molar-refractivity contribution in [2.45, 2.75) is 55.2 Å². The van der Waals surface area contributed by atoms with E-state index >= 15 is 0 Å². The second kappa shape index (κ2) is 4.63. The fraction of sp³-hybridized carbons (Fsp3) is 0.667. The van der Waals surface area contributed by atoms with Crippen molar-refractivity contribution in [3.05, 3.63) is 29.8 Å². The number of rotatable bonds is 1. The summed E-state index contributed by atoms with van der Waals surface area (Å²) in [6, 6.07) is 8.94. The number of piperidine rings is 1. The zero-order valence-corrected chi connectivity index (χ0v) is 15.2. The van der Waals surface area contributed by atoms with E-state index in [1.807, 2.05) is 0 Å². The monoisotopic (exact) mass is 354 g/mol. The lowest BCUT2D eigenvalue weighted by Gasteiger charge is -2.69. The zero-order chi connectivity index (χ0) is 17.7. The summed E-state index contributed by atoms with van der Waals surface area (Å²) in [7, 11) is 1.50. The van der Waals surface area contributed by atoms with E-state index in [4.69, 9.17) is 4.74 Å². The van der Waals surface area contributed by atoms with Gasteiger partial charge in [0.15, 0.2) is 0 Å². The average Bonchev–Trinajstić information content (AvgIpc) is 3.21. The summed E-state index contributed by atoms with van der Waals surface area (Å²) in [6.07, 6.45) is 4.22. The van der Waals surface area contributed by atoms with Gasteiger partial charge in [-0.15, -0.1) is 0 Å². The second-order valence-corrected chi connectivity index (χ2v) is 9.12. The lowest BCUT2D eigenvalue weighted by molar-refractivity contribution is -0.196. The van der Waals surface area contributed by atoms with Crippen LogP contribution in [0.15, 0.2) is 24.3 Å². The molecule has 26 heavy (non-hydrogen) atoms. The Morgan fingerprint density at radius 2 is 2.12 bits per heavy atom. The number of carbonyl (C=O) groups is 1. The molecule has 6 atom stereocenters. The van der Waals surface area contributed by atoms with Gasteiger partial charge in [-0.25, -0.2) is 0 Å². The zero-order valence-electron chi connectivity index (χ0n) is 15.2. The molecule has 3 heterocycles.